The van der Waals surface area contributed by atoms with Gasteiger partial charge in [0.2, 0.25) is 11.8 Å². The number of ether oxygens (including phenoxy) is 1. The molecule has 198 valence electrons. The molecule has 1 fully saturated rings. The highest BCUT2D eigenvalue weighted by molar-refractivity contribution is 7.92. The summed E-state index contributed by atoms with van der Waals surface area (Å²) >= 11 is 6.05. The third-order valence-corrected chi connectivity index (χ3v) is 8.50. The summed E-state index contributed by atoms with van der Waals surface area (Å²) in [6.45, 7) is 0. The Morgan fingerprint density at radius 2 is 1.73 bits per heavy atom. The van der Waals surface area contributed by atoms with E-state index in [0.29, 0.717) is 36.8 Å². The molecule has 11 heteroatoms. The molecule has 2 aromatic heterocycles. The van der Waals surface area contributed by atoms with Crippen molar-refractivity contribution in [1.29, 1.82) is 0 Å². The summed E-state index contributed by atoms with van der Waals surface area (Å²) < 4.78 is 33.3. The number of nitrogens with one attached hydrogen (secondary N) is 2. The molecule has 9 nitrogen and oxygen atoms in total. The number of pyridine rings is 1. The number of nitrogens with zero attached hydrogens (tertiary/aromatic N) is 4. The number of methoxy groups -OCH3 is 1. The fourth-order valence-corrected chi connectivity index (χ4v) is 6.03. The second-order valence-corrected chi connectivity index (χ2v) is 11.5. The van der Waals surface area contributed by atoms with Gasteiger partial charge in [0.05, 0.1) is 12.1 Å². The molecule has 0 saturated heterocycles. The molecule has 0 radical (unpaired) electrons. The summed E-state index contributed by atoms with van der Waals surface area (Å²) in [5.74, 6) is 1.16. The first kappa shape index (κ1) is 27.1. The zero-order valence-electron chi connectivity index (χ0n) is 21.3. The summed E-state index contributed by atoms with van der Waals surface area (Å²) in [5.41, 5.74) is 1.84. The first-order valence-electron chi connectivity index (χ1n) is 12.3. The van der Waals surface area contributed by atoms with Crippen LogP contribution in [0.5, 0.6) is 5.88 Å². The molecule has 0 aliphatic heterocycles. The van der Waals surface area contributed by atoms with Crippen molar-refractivity contribution in [3.63, 3.8) is 0 Å². The van der Waals surface area contributed by atoms with E-state index in [0.717, 1.165) is 24.0 Å². The zero-order chi connectivity index (χ0) is 26.4. The Hall–Kier alpha value is -2.95. The minimum Gasteiger partial charge on any atom is -0.481 e. The lowest BCUT2D eigenvalue weighted by Gasteiger charge is -2.32. The van der Waals surface area contributed by atoms with Gasteiger partial charge in [-0.1, -0.05) is 23.7 Å². The van der Waals surface area contributed by atoms with Crippen LogP contribution in [0.25, 0.3) is 0 Å². The number of aromatic nitrogens is 3. The minimum absolute atomic E-state index is 0.0132. The number of halogens is 1. The van der Waals surface area contributed by atoms with Crippen LogP contribution >= 0.6 is 11.6 Å². The average molecular weight is 545 g/mol. The van der Waals surface area contributed by atoms with E-state index in [-0.39, 0.29) is 15.7 Å². The van der Waals surface area contributed by atoms with Gasteiger partial charge in [-0.05, 0) is 82.4 Å². The summed E-state index contributed by atoms with van der Waals surface area (Å²) in [5, 5.41) is 3.60. The van der Waals surface area contributed by atoms with E-state index in [4.69, 9.17) is 16.3 Å². The Labute approximate surface area is 223 Å². The average Bonchev–Trinajstić information content (AvgIpc) is 2.89. The first-order chi connectivity index (χ1) is 17.7. The molecular formula is C26H33ClN6O3S. The third-order valence-electron chi connectivity index (χ3n) is 6.65. The predicted octanol–water partition coefficient (Wildman–Crippen LogP) is 4.40. The Bertz CT molecular complexity index is 1300. The molecule has 37 heavy (non-hydrogen) atoms. The number of aryl methyl sites for hydroxylation is 2. The van der Waals surface area contributed by atoms with Crippen molar-refractivity contribution in [2.45, 2.75) is 55.5 Å². The molecule has 0 amide bonds. The van der Waals surface area contributed by atoms with E-state index in [1.807, 2.05) is 12.4 Å². The summed E-state index contributed by atoms with van der Waals surface area (Å²) in [4.78, 5) is 15.6. The second-order valence-electron chi connectivity index (χ2n) is 9.43. The number of anilines is 2. The number of hydrogen-bond donors (Lipinski definition) is 2. The van der Waals surface area contributed by atoms with Crippen LogP contribution in [-0.4, -0.2) is 61.6 Å². The van der Waals surface area contributed by atoms with Crippen LogP contribution in [0.1, 0.15) is 36.8 Å². The monoisotopic (exact) mass is 544 g/mol. The van der Waals surface area contributed by atoms with Gasteiger partial charge in [0.25, 0.3) is 10.0 Å². The molecule has 0 atom stereocenters. The highest BCUT2D eigenvalue weighted by Gasteiger charge is 2.23. The summed E-state index contributed by atoms with van der Waals surface area (Å²) in [6, 6.07) is 10.7. The van der Waals surface area contributed by atoms with Crippen molar-refractivity contribution in [1.82, 2.24) is 19.9 Å². The van der Waals surface area contributed by atoms with Crippen molar-refractivity contribution in [3.05, 3.63) is 64.9 Å². The van der Waals surface area contributed by atoms with E-state index in [2.05, 4.69) is 44.0 Å². The van der Waals surface area contributed by atoms with Gasteiger partial charge in [0, 0.05) is 30.0 Å². The number of benzene rings is 1. The minimum atomic E-state index is -3.88. The molecule has 1 aliphatic carbocycles. The van der Waals surface area contributed by atoms with E-state index in [1.165, 1.54) is 32.1 Å². The fourth-order valence-electron chi connectivity index (χ4n) is 4.50. The largest absolute Gasteiger partial charge is 0.481 e. The Kier molecular flexibility index (Phi) is 8.83. The van der Waals surface area contributed by atoms with Crippen molar-refractivity contribution in [3.8, 4) is 5.88 Å². The maximum absolute atomic E-state index is 12.7. The highest BCUT2D eigenvalue weighted by Crippen LogP contribution is 2.26. The Morgan fingerprint density at radius 3 is 2.38 bits per heavy atom. The van der Waals surface area contributed by atoms with Gasteiger partial charge < -0.3 is 15.0 Å². The fraction of sp³-hybridized carbons (Fsp3) is 0.423. The molecule has 3 aromatic rings. The molecule has 0 bridgehead atoms. The molecule has 4 rings (SSSR count). The Balaban J connectivity index is 1.34. The SMILES string of the molecule is COc1nc(NS(=O)(=O)c2ccccc2Cl)ccc1CCc1cnc(N[C@H]2CC[C@H](N(C)C)CC2)nc1. The van der Waals surface area contributed by atoms with E-state index in [1.54, 1.807) is 24.3 Å². The summed E-state index contributed by atoms with van der Waals surface area (Å²) in [6.07, 6.45) is 9.60. The maximum atomic E-state index is 12.7. The quantitative estimate of drug-likeness (QED) is 0.386. The lowest BCUT2D eigenvalue weighted by Crippen LogP contribution is -2.36. The van der Waals surface area contributed by atoms with Crippen molar-refractivity contribution < 1.29 is 13.2 Å². The number of rotatable bonds is 10. The van der Waals surface area contributed by atoms with Crippen LogP contribution < -0.4 is 14.8 Å². The lowest BCUT2D eigenvalue weighted by molar-refractivity contribution is 0.221. The van der Waals surface area contributed by atoms with Crippen LogP contribution in [0.4, 0.5) is 11.8 Å². The van der Waals surface area contributed by atoms with Gasteiger partial charge in [0.15, 0.2) is 0 Å². The van der Waals surface area contributed by atoms with Crippen molar-refractivity contribution in [2.24, 2.45) is 0 Å². The summed E-state index contributed by atoms with van der Waals surface area (Å²) in [7, 11) is 1.91. The van der Waals surface area contributed by atoms with Crippen molar-refractivity contribution in [2.75, 3.05) is 31.2 Å². The topological polar surface area (TPSA) is 109 Å². The normalized spacial score (nSPS) is 18.0. The standard InChI is InChI=1S/C26H33ClN6O3S/c1-33(2)21-13-11-20(12-14-21)30-26-28-16-18(17-29-26)8-9-19-10-15-24(31-25(19)36-3)32-37(34,35)23-7-5-4-6-22(23)27/h4-7,10,15-17,20-21H,8-9,11-14H2,1-3H3,(H,31,32)(H,28,29,30)/t20-,21-. The highest BCUT2D eigenvalue weighted by atomic mass is 35.5. The van der Waals surface area contributed by atoms with Crippen LogP contribution in [0.2, 0.25) is 5.02 Å². The van der Waals surface area contributed by atoms with Crippen LogP contribution in [0.3, 0.4) is 0 Å². The molecule has 1 saturated carbocycles. The maximum Gasteiger partial charge on any atom is 0.264 e. The number of hydrogen-bond acceptors (Lipinski definition) is 8. The molecule has 0 unspecified atom stereocenters. The van der Waals surface area contributed by atoms with Gasteiger partial charge in [-0.3, -0.25) is 4.72 Å². The third kappa shape index (κ3) is 7.09. The van der Waals surface area contributed by atoms with Crippen LogP contribution in [0, 0.1) is 0 Å². The van der Waals surface area contributed by atoms with Gasteiger partial charge in [-0.25, -0.2) is 18.4 Å². The van der Waals surface area contributed by atoms with Gasteiger partial charge in [-0.15, -0.1) is 0 Å². The van der Waals surface area contributed by atoms with Crippen LogP contribution in [-0.2, 0) is 22.9 Å². The predicted molar refractivity (Wildman–Crippen MR) is 146 cm³/mol. The smallest absolute Gasteiger partial charge is 0.264 e. The van der Waals surface area contributed by atoms with Gasteiger partial charge in [0.1, 0.15) is 10.7 Å². The molecule has 1 aromatic carbocycles. The van der Waals surface area contributed by atoms with Crippen molar-refractivity contribution >= 4 is 33.4 Å². The zero-order valence-corrected chi connectivity index (χ0v) is 22.9. The Morgan fingerprint density at radius 1 is 1.03 bits per heavy atom. The molecule has 2 heterocycles. The first-order valence-corrected chi connectivity index (χ1v) is 14.2. The molecule has 2 N–H and O–H groups in total. The van der Waals surface area contributed by atoms with Gasteiger partial charge >= 0.3 is 0 Å². The second kappa shape index (κ2) is 12.1. The molecule has 1 aliphatic rings. The van der Waals surface area contributed by atoms with E-state index in [9.17, 15) is 8.42 Å². The number of sulfonamides is 1. The van der Waals surface area contributed by atoms with E-state index >= 15 is 0 Å². The van der Waals surface area contributed by atoms with Crippen LogP contribution in [0.15, 0.2) is 53.7 Å². The van der Waals surface area contributed by atoms with Gasteiger partial charge in [-0.2, -0.15) is 4.98 Å². The lowest BCUT2D eigenvalue weighted by atomic mass is 9.91. The molecule has 0 spiro atoms. The van der Waals surface area contributed by atoms with E-state index < -0.39 is 10.0 Å². The molecular weight excluding hydrogens is 512 g/mol.